The molecule has 0 aliphatic carbocycles. The molecule has 0 spiro atoms. The third kappa shape index (κ3) is 3.39. The van der Waals surface area contributed by atoms with Crippen LogP contribution in [-0.4, -0.2) is 13.6 Å². The van der Waals surface area contributed by atoms with E-state index >= 15 is 0 Å². The van der Waals surface area contributed by atoms with E-state index in [1.54, 1.807) is 0 Å². The summed E-state index contributed by atoms with van der Waals surface area (Å²) in [7, 11) is 1.94. The Morgan fingerprint density at radius 2 is 2.21 bits per heavy atom. The van der Waals surface area contributed by atoms with Crippen LogP contribution in [0.15, 0.2) is 22.7 Å². The first-order valence-corrected chi connectivity index (χ1v) is 5.51. The molecule has 0 fully saturated rings. The van der Waals surface area contributed by atoms with E-state index in [0.717, 1.165) is 23.0 Å². The van der Waals surface area contributed by atoms with Gasteiger partial charge in [-0.3, -0.25) is 0 Å². The molecule has 3 heteroatoms. The average Bonchev–Trinajstić information content (AvgIpc) is 2.10. The van der Waals surface area contributed by atoms with E-state index in [1.807, 2.05) is 13.1 Å². The van der Waals surface area contributed by atoms with E-state index in [9.17, 15) is 4.39 Å². The minimum Gasteiger partial charge on any atom is -0.319 e. The summed E-state index contributed by atoms with van der Waals surface area (Å²) < 4.78 is 13.7. The lowest BCUT2D eigenvalue weighted by Gasteiger charge is -2.11. The predicted octanol–water partition coefficient (Wildman–Crippen LogP) is 2.99. The summed E-state index contributed by atoms with van der Waals surface area (Å²) >= 11 is 3.37. The van der Waals surface area contributed by atoms with Crippen molar-refractivity contribution in [2.45, 2.75) is 13.3 Å². The highest BCUT2D eigenvalue weighted by molar-refractivity contribution is 9.10. The fourth-order valence-electron chi connectivity index (χ4n) is 1.48. The zero-order valence-corrected chi connectivity index (χ0v) is 10.1. The first-order valence-electron chi connectivity index (χ1n) is 4.72. The van der Waals surface area contributed by atoms with Gasteiger partial charge in [-0.1, -0.05) is 28.9 Å². The molecule has 0 aliphatic heterocycles. The molecule has 0 bridgehead atoms. The molecule has 0 radical (unpaired) electrons. The largest absolute Gasteiger partial charge is 0.319 e. The summed E-state index contributed by atoms with van der Waals surface area (Å²) in [4.78, 5) is 0. The van der Waals surface area contributed by atoms with Crippen LogP contribution in [0.4, 0.5) is 4.39 Å². The molecule has 0 saturated carbocycles. The van der Waals surface area contributed by atoms with E-state index in [2.05, 4.69) is 28.2 Å². The summed E-state index contributed by atoms with van der Waals surface area (Å²) in [5.74, 6) is 0.364. The second kappa shape index (κ2) is 5.47. The second-order valence-electron chi connectivity index (χ2n) is 3.60. The molecule has 1 N–H and O–H groups in total. The average molecular weight is 260 g/mol. The van der Waals surface area contributed by atoms with Crippen LogP contribution in [-0.2, 0) is 6.42 Å². The molecule has 1 rings (SSSR count). The second-order valence-corrected chi connectivity index (χ2v) is 4.46. The number of benzene rings is 1. The highest BCUT2D eigenvalue weighted by Crippen LogP contribution is 2.20. The van der Waals surface area contributed by atoms with Gasteiger partial charge in [0.25, 0.3) is 0 Å². The Labute approximate surface area is 92.8 Å². The zero-order valence-electron chi connectivity index (χ0n) is 8.48. The number of halogens is 2. The Bertz CT molecular complexity index is 301. The molecular formula is C11H15BrFN. The van der Waals surface area contributed by atoms with Crippen molar-refractivity contribution < 1.29 is 4.39 Å². The van der Waals surface area contributed by atoms with E-state index in [-0.39, 0.29) is 5.82 Å². The molecule has 0 saturated heterocycles. The molecule has 14 heavy (non-hydrogen) atoms. The molecule has 1 aromatic rings. The van der Waals surface area contributed by atoms with Gasteiger partial charge in [0.2, 0.25) is 0 Å². The summed E-state index contributed by atoms with van der Waals surface area (Å²) in [5.41, 5.74) is 1.16. The van der Waals surface area contributed by atoms with Gasteiger partial charge in [0, 0.05) is 4.47 Å². The van der Waals surface area contributed by atoms with Crippen LogP contribution >= 0.6 is 15.9 Å². The molecule has 1 atom stereocenters. The van der Waals surface area contributed by atoms with Crippen LogP contribution in [0.5, 0.6) is 0 Å². The molecule has 0 aliphatic rings. The quantitative estimate of drug-likeness (QED) is 0.877. The lowest BCUT2D eigenvalue weighted by atomic mass is 10.0. The van der Waals surface area contributed by atoms with Crippen molar-refractivity contribution in [3.05, 3.63) is 34.1 Å². The number of rotatable bonds is 4. The van der Waals surface area contributed by atoms with Crippen molar-refractivity contribution >= 4 is 15.9 Å². The summed E-state index contributed by atoms with van der Waals surface area (Å²) in [6.45, 7) is 3.15. The van der Waals surface area contributed by atoms with E-state index in [0.29, 0.717) is 5.92 Å². The molecule has 1 nitrogen and oxygen atoms in total. The summed E-state index contributed by atoms with van der Waals surface area (Å²) in [6.07, 6.45) is 0.960. The van der Waals surface area contributed by atoms with E-state index in [4.69, 9.17) is 0 Å². The maximum Gasteiger partial charge on any atom is 0.124 e. The van der Waals surface area contributed by atoms with Gasteiger partial charge in [-0.15, -0.1) is 0 Å². The molecule has 78 valence electrons. The van der Waals surface area contributed by atoms with Gasteiger partial charge in [-0.05, 0) is 43.6 Å². The number of hydrogen-bond acceptors (Lipinski definition) is 1. The Hall–Kier alpha value is -0.410. The SMILES string of the molecule is CNCC(C)Cc1ccc(F)cc1Br. The van der Waals surface area contributed by atoms with Crippen LogP contribution in [0.1, 0.15) is 12.5 Å². The van der Waals surface area contributed by atoms with Gasteiger partial charge < -0.3 is 5.32 Å². The van der Waals surface area contributed by atoms with Gasteiger partial charge in [-0.25, -0.2) is 4.39 Å². The highest BCUT2D eigenvalue weighted by Gasteiger charge is 2.06. The smallest absolute Gasteiger partial charge is 0.124 e. The molecule has 1 unspecified atom stereocenters. The van der Waals surface area contributed by atoms with Crippen LogP contribution in [0.3, 0.4) is 0 Å². The third-order valence-corrected chi connectivity index (χ3v) is 2.87. The monoisotopic (exact) mass is 259 g/mol. The zero-order chi connectivity index (χ0) is 10.6. The van der Waals surface area contributed by atoms with E-state index in [1.165, 1.54) is 12.1 Å². The minimum absolute atomic E-state index is 0.193. The fraction of sp³-hybridized carbons (Fsp3) is 0.455. The third-order valence-electron chi connectivity index (χ3n) is 2.14. The summed E-state index contributed by atoms with van der Waals surface area (Å²) in [6, 6.07) is 4.86. The van der Waals surface area contributed by atoms with Gasteiger partial charge in [0.1, 0.15) is 5.82 Å². The van der Waals surface area contributed by atoms with Gasteiger partial charge >= 0.3 is 0 Å². The van der Waals surface area contributed by atoms with Crippen LogP contribution in [0.2, 0.25) is 0 Å². The van der Waals surface area contributed by atoms with Crippen molar-refractivity contribution in [3.8, 4) is 0 Å². The standard InChI is InChI=1S/C11H15BrFN/c1-8(7-14-2)5-9-3-4-10(13)6-11(9)12/h3-4,6,8,14H,5,7H2,1-2H3. The van der Waals surface area contributed by atoms with Crippen molar-refractivity contribution in [2.24, 2.45) is 5.92 Å². The first kappa shape index (κ1) is 11.7. The lowest BCUT2D eigenvalue weighted by molar-refractivity contribution is 0.539. The van der Waals surface area contributed by atoms with Crippen molar-refractivity contribution in [2.75, 3.05) is 13.6 Å². The molecule has 0 aromatic heterocycles. The Kier molecular flexibility index (Phi) is 4.55. The van der Waals surface area contributed by atoms with Crippen LogP contribution in [0, 0.1) is 11.7 Å². The molecule has 0 heterocycles. The maximum atomic E-state index is 12.8. The molecular weight excluding hydrogens is 245 g/mol. The van der Waals surface area contributed by atoms with E-state index < -0.39 is 0 Å². The topological polar surface area (TPSA) is 12.0 Å². The van der Waals surface area contributed by atoms with Gasteiger partial charge in [-0.2, -0.15) is 0 Å². The predicted molar refractivity (Wildman–Crippen MR) is 60.9 cm³/mol. The fourth-order valence-corrected chi connectivity index (χ4v) is 2.00. The number of nitrogens with one attached hydrogen (secondary N) is 1. The Balaban J connectivity index is 2.67. The number of hydrogen-bond donors (Lipinski definition) is 1. The summed E-state index contributed by atoms with van der Waals surface area (Å²) in [5, 5.41) is 3.13. The van der Waals surface area contributed by atoms with Crippen molar-refractivity contribution in [1.82, 2.24) is 5.32 Å². The normalized spacial score (nSPS) is 12.9. The minimum atomic E-state index is -0.193. The van der Waals surface area contributed by atoms with Crippen LogP contribution in [0.25, 0.3) is 0 Å². The maximum absolute atomic E-state index is 12.8. The Morgan fingerprint density at radius 3 is 2.79 bits per heavy atom. The van der Waals surface area contributed by atoms with Crippen molar-refractivity contribution in [3.63, 3.8) is 0 Å². The first-order chi connectivity index (χ1) is 6.63. The lowest BCUT2D eigenvalue weighted by Crippen LogP contribution is -2.18. The molecule has 0 amide bonds. The Morgan fingerprint density at radius 1 is 1.50 bits per heavy atom. The van der Waals surface area contributed by atoms with Gasteiger partial charge in [0.15, 0.2) is 0 Å². The highest BCUT2D eigenvalue weighted by atomic mass is 79.9. The van der Waals surface area contributed by atoms with Gasteiger partial charge in [0.05, 0.1) is 0 Å². The van der Waals surface area contributed by atoms with Crippen molar-refractivity contribution in [1.29, 1.82) is 0 Å². The molecule has 1 aromatic carbocycles. The van der Waals surface area contributed by atoms with Crippen LogP contribution < -0.4 is 5.32 Å².